The molecule has 0 aliphatic rings. The molecule has 1 N–H and O–H groups in total. The second-order valence-electron chi connectivity index (χ2n) is 3.58. The van der Waals surface area contributed by atoms with Crippen molar-refractivity contribution in [3.63, 3.8) is 0 Å². The van der Waals surface area contributed by atoms with Gasteiger partial charge in [-0.3, -0.25) is 5.32 Å². The van der Waals surface area contributed by atoms with Crippen LogP contribution in [0.2, 0.25) is 0 Å². The number of aromatic nitrogens is 4. The summed E-state index contributed by atoms with van der Waals surface area (Å²) in [5.41, 5.74) is 0.695. The smallest absolute Gasteiger partial charge is 0.411 e. The number of benzene rings is 1. The van der Waals surface area contributed by atoms with Gasteiger partial charge >= 0.3 is 6.09 Å². The molecule has 1 heterocycles. The van der Waals surface area contributed by atoms with Gasteiger partial charge in [-0.15, -0.1) is 5.10 Å². The van der Waals surface area contributed by atoms with Crippen molar-refractivity contribution in [3.05, 3.63) is 36.2 Å². The van der Waals surface area contributed by atoms with Crippen molar-refractivity contribution >= 4 is 11.8 Å². The summed E-state index contributed by atoms with van der Waals surface area (Å²) >= 11 is 0. The van der Waals surface area contributed by atoms with Crippen LogP contribution in [0.15, 0.2) is 30.3 Å². The summed E-state index contributed by atoms with van der Waals surface area (Å²) in [6.45, 7) is 2.43. The van der Waals surface area contributed by atoms with Gasteiger partial charge in [0.25, 0.3) is 0 Å². The Morgan fingerprint density at radius 2 is 2.17 bits per heavy atom. The first-order chi connectivity index (χ1) is 8.75. The van der Waals surface area contributed by atoms with Crippen LogP contribution in [0.5, 0.6) is 0 Å². The maximum Gasteiger partial charge on any atom is 0.411 e. The zero-order valence-corrected chi connectivity index (χ0v) is 9.91. The maximum absolute atomic E-state index is 11.4. The highest BCUT2D eigenvalue weighted by Gasteiger charge is 2.04. The number of hydrogen-bond acceptors (Lipinski definition) is 5. The molecule has 0 aliphatic heterocycles. The van der Waals surface area contributed by atoms with Gasteiger partial charge in [0, 0.05) is 5.69 Å². The van der Waals surface area contributed by atoms with Crippen molar-refractivity contribution in [1.82, 2.24) is 20.2 Å². The number of carbonyl (C=O) groups is 1. The predicted molar refractivity (Wildman–Crippen MR) is 64.0 cm³/mol. The van der Waals surface area contributed by atoms with Gasteiger partial charge in [-0.1, -0.05) is 18.2 Å². The highest BCUT2D eigenvalue weighted by molar-refractivity contribution is 5.84. The van der Waals surface area contributed by atoms with Crippen molar-refractivity contribution in [2.45, 2.75) is 13.5 Å². The number of nitrogens with zero attached hydrogens (tertiary/aromatic N) is 4. The van der Waals surface area contributed by atoms with Crippen LogP contribution in [-0.2, 0) is 11.3 Å². The first-order valence-corrected chi connectivity index (χ1v) is 5.47. The van der Waals surface area contributed by atoms with E-state index in [2.05, 4.69) is 20.8 Å². The molecule has 0 radical (unpaired) electrons. The third kappa shape index (κ3) is 3.27. The lowest BCUT2D eigenvalue weighted by Gasteiger charge is -2.06. The third-order valence-electron chi connectivity index (χ3n) is 2.27. The molecular formula is C11H13N5O2. The lowest BCUT2D eigenvalue weighted by molar-refractivity contribution is 0.155. The molecular weight excluding hydrogens is 234 g/mol. The number of amides is 1. The Hall–Kier alpha value is -2.44. The van der Waals surface area contributed by atoms with Crippen LogP contribution in [0.4, 0.5) is 10.5 Å². The molecule has 0 spiro atoms. The molecule has 0 saturated carbocycles. The normalized spacial score (nSPS) is 10.1. The molecule has 0 fully saturated rings. The highest BCUT2D eigenvalue weighted by atomic mass is 16.5. The number of nitrogens with one attached hydrogen (secondary N) is 1. The summed E-state index contributed by atoms with van der Waals surface area (Å²) in [4.78, 5) is 11.4. The highest BCUT2D eigenvalue weighted by Crippen LogP contribution is 2.05. The van der Waals surface area contributed by atoms with Crippen LogP contribution in [0, 0.1) is 6.92 Å². The fourth-order valence-corrected chi connectivity index (χ4v) is 1.36. The number of para-hydroxylation sites is 1. The molecule has 0 aliphatic carbocycles. The second kappa shape index (κ2) is 5.76. The second-order valence-corrected chi connectivity index (χ2v) is 3.58. The summed E-state index contributed by atoms with van der Waals surface area (Å²) < 4.78 is 6.57. The molecule has 18 heavy (non-hydrogen) atoms. The fraction of sp³-hybridized carbons (Fsp3) is 0.273. The average molecular weight is 247 g/mol. The van der Waals surface area contributed by atoms with Crippen LogP contribution in [0.3, 0.4) is 0 Å². The molecule has 0 unspecified atom stereocenters. The fourth-order valence-electron chi connectivity index (χ4n) is 1.36. The topological polar surface area (TPSA) is 81.9 Å². The van der Waals surface area contributed by atoms with Gasteiger partial charge in [-0.25, -0.2) is 9.48 Å². The van der Waals surface area contributed by atoms with Crippen molar-refractivity contribution in [2.24, 2.45) is 0 Å². The summed E-state index contributed by atoms with van der Waals surface area (Å²) in [7, 11) is 0. The van der Waals surface area contributed by atoms with Gasteiger partial charge in [0.1, 0.15) is 12.4 Å². The first-order valence-electron chi connectivity index (χ1n) is 5.47. The van der Waals surface area contributed by atoms with Crippen LogP contribution in [-0.4, -0.2) is 32.9 Å². The minimum atomic E-state index is -0.494. The molecule has 2 aromatic rings. The van der Waals surface area contributed by atoms with E-state index in [1.807, 2.05) is 18.2 Å². The molecule has 7 nitrogen and oxygen atoms in total. The van der Waals surface area contributed by atoms with Gasteiger partial charge < -0.3 is 4.74 Å². The van der Waals surface area contributed by atoms with Crippen molar-refractivity contribution in [1.29, 1.82) is 0 Å². The standard InChI is InChI=1S/C11H13N5O2/c1-9-13-14-15-16(9)7-8-18-11(17)12-10-5-3-2-4-6-10/h2-6H,7-8H2,1H3,(H,12,17). The Labute approximate surface area is 104 Å². The Kier molecular flexibility index (Phi) is 3.85. The number of tetrazole rings is 1. The van der Waals surface area contributed by atoms with Crippen LogP contribution in [0.1, 0.15) is 5.82 Å². The van der Waals surface area contributed by atoms with E-state index in [0.29, 0.717) is 18.1 Å². The molecule has 1 aromatic carbocycles. The number of carbonyl (C=O) groups excluding carboxylic acids is 1. The monoisotopic (exact) mass is 247 g/mol. The number of rotatable bonds is 4. The van der Waals surface area contributed by atoms with Gasteiger partial charge in [0.2, 0.25) is 0 Å². The van der Waals surface area contributed by atoms with E-state index in [1.165, 1.54) is 0 Å². The van der Waals surface area contributed by atoms with E-state index in [4.69, 9.17) is 4.74 Å². The number of aryl methyl sites for hydroxylation is 1. The van der Waals surface area contributed by atoms with E-state index >= 15 is 0 Å². The minimum Gasteiger partial charge on any atom is -0.447 e. The zero-order chi connectivity index (χ0) is 12.8. The quantitative estimate of drug-likeness (QED) is 0.878. The Bertz CT molecular complexity index is 511. The van der Waals surface area contributed by atoms with E-state index in [9.17, 15) is 4.79 Å². The molecule has 1 amide bonds. The van der Waals surface area contributed by atoms with Crippen LogP contribution in [0.25, 0.3) is 0 Å². The van der Waals surface area contributed by atoms with Crippen LogP contribution >= 0.6 is 0 Å². The SMILES string of the molecule is Cc1nnnn1CCOC(=O)Nc1ccccc1. The van der Waals surface area contributed by atoms with Crippen LogP contribution < -0.4 is 5.32 Å². The maximum atomic E-state index is 11.4. The van der Waals surface area contributed by atoms with Gasteiger partial charge in [-0.2, -0.15) is 0 Å². The van der Waals surface area contributed by atoms with Gasteiger partial charge in [-0.05, 0) is 29.5 Å². The summed E-state index contributed by atoms with van der Waals surface area (Å²) in [5, 5.41) is 13.6. The Morgan fingerprint density at radius 1 is 1.39 bits per heavy atom. The summed E-state index contributed by atoms with van der Waals surface area (Å²) in [6.07, 6.45) is -0.494. The predicted octanol–water partition coefficient (Wildman–Crippen LogP) is 1.23. The van der Waals surface area contributed by atoms with Crippen molar-refractivity contribution in [2.75, 3.05) is 11.9 Å². The minimum absolute atomic E-state index is 0.213. The Morgan fingerprint density at radius 3 is 2.83 bits per heavy atom. The summed E-state index contributed by atoms with van der Waals surface area (Å²) in [5.74, 6) is 0.682. The molecule has 0 bridgehead atoms. The van der Waals surface area contributed by atoms with E-state index in [0.717, 1.165) is 0 Å². The molecule has 0 atom stereocenters. The molecule has 94 valence electrons. The van der Waals surface area contributed by atoms with E-state index in [1.54, 1.807) is 23.7 Å². The number of anilines is 1. The number of hydrogen-bond donors (Lipinski definition) is 1. The lowest BCUT2D eigenvalue weighted by atomic mass is 10.3. The molecule has 2 rings (SSSR count). The lowest BCUT2D eigenvalue weighted by Crippen LogP contribution is -2.17. The van der Waals surface area contributed by atoms with Gasteiger partial charge in [0.15, 0.2) is 0 Å². The van der Waals surface area contributed by atoms with Crippen molar-refractivity contribution < 1.29 is 9.53 Å². The number of ether oxygens (including phenoxy) is 1. The zero-order valence-electron chi connectivity index (χ0n) is 9.91. The third-order valence-corrected chi connectivity index (χ3v) is 2.27. The van der Waals surface area contributed by atoms with Gasteiger partial charge in [0.05, 0.1) is 6.54 Å². The molecule has 7 heteroatoms. The molecule has 0 saturated heterocycles. The first kappa shape index (κ1) is 12.0. The summed E-state index contributed by atoms with van der Waals surface area (Å²) in [6, 6.07) is 9.11. The largest absolute Gasteiger partial charge is 0.447 e. The average Bonchev–Trinajstić information content (AvgIpc) is 2.76. The van der Waals surface area contributed by atoms with Crippen molar-refractivity contribution in [3.8, 4) is 0 Å². The van der Waals surface area contributed by atoms with E-state index in [-0.39, 0.29) is 6.61 Å². The van der Waals surface area contributed by atoms with E-state index < -0.39 is 6.09 Å². The Balaban J connectivity index is 1.74. The molecule has 1 aromatic heterocycles.